The molecule has 0 atom stereocenters. The molecule has 1 aromatic rings. The zero-order chi connectivity index (χ0) is 9.30. The van der Waals surface area contributed by atoms with Gasteiger partial charge in [0.15, 0.2) is 0 Å². The van der Waals surface area contributed by atoms with E-state index in [9.17, 15) is 9.90 Å². The third-order valence-corrected chi connectivity index (χ3v) is 1.73. The molecular weight excluding hydrogens is 182 g/mol. The van der Waals surface area contributed by atoms with Crippen molar-refractivity contribution in [3.8, 4) is 5.88 Å². The molecule has 1 N–H and O–H groups in total. The van der Waals surface area contributed by atoms with Crippen LogP contribution in [0.3, 0.4) is 0 Å². The Labute approximate surface area is 73.4 Å². The summed E-state index contributed by atoms with van der Waals surface area (Å²) in [6.07, 6.45) is 0. The van der Waals surface area contributed by atoms with Crippen molar-refractivity contribution >= 4 is 17.6 Å². The maximum atomic E-state index is 10.9. The van der Waals surface area contributed by atoms with Crippen LogP contribution in [0.15, 0.2) is 6.07 Å². The first-order chi connectivity index (χ1) is 5.52. The lowest BCUT2D eigenvalue weighted by atomic mass is 10.2. The van der Waals surface area contributed by atoms with Crippen molar-refractivity contribution in [3.05, 3.63) is 22.3 Å². The van der Waals surface area contributed by atoms with E-state index in [1.807, 2.05) is 0 Å². The molecule has 12 heavy (non-hydrogen) atoms. The van der Waals surface area contributed by atoms with Crippen LogP contribution in [0.1, 0.15) is 16.1 Å². The van der Waals surface area contributed by atoms with Crippen LogP contribution < -0.4 is 0 Å². The summed E-state index contributed by atoms with van der Waals surface area (Å²) >= 11 is 5.57. The quantitative estimate of drug-likeness (QED) is 0.728. The Morgan fingerprint density at radius 1 is 1.67 bits per heavy atom. The number of pyridine rings is 1. The summed E-state index contributed by atoms with van der Waals surface area (Å²) in [5.74, 6) is -2.07. The molecule has 0 unspecified atom stereocenters. The fourth-order valence-corrected chi connectivity index (χ4v) is 0.863. The monoisotopic (exact) mass is 186 g/mol. The molecular formula is C7H5ClNO3. The number of aromatic nitrogens is 1. The molecule has 0 aliphatic carbocycles. The van der Waals surface area contributed by atoms with Crippen LogP contribution in [0.5, 0.6) is 5.88 Å². The molecule has 1 heterocycles. The average Bonchev–Trinajstić information content (AvgIpc) is 1.96. The first-order valence-electron chi connectivity index (χ1n) is 3.10. The lowest BCUT2D eigenvalue weighted by Crippen LogP contribution is -1.98. The first kappa shape index (κ1) is 8.80. The van der Waals surface area contributed by atoms with Gasteiger partial charge in [0, 0.05) is 0 Å². The second-order valence-electron chi connectivity index (χ2n) is 2.21. The Kier molecular flexibility index (Phi) is 2.19. The highest BCUT2D eigenvalue weighted by atomic mass is 35.5. The van der Waals surface area contributed by atoms with Crippen molar-refractivity contribution in [1.29, 1.82) is 0 Å². The van der Waals surface area contributed by atoms with Crippen molar-refractivity contribution in [2.45, 2.75) is 6.92 Å². The number of carbonyl (C=O) groups is 1. The number of rotatable bonds is 1. The van der Waals surface area contributed by atoms with Crippen LogP contribution in [0, 0.1) is 6.92 Å². The number of hydrogen-bond acceptors (Lipinski definition) is 2. The van der Waals surface area contributed by atoms with Crippen molar-refractivity contribution < 1.29 is 15.0 Å². The van der Waals surface area contributed by atoms with Crippen molar-refractivity contribution in [2.75, 3.05) is 0 Å². The largest absolute Gasteiger partial charge is 0.477 e. The summed E-state index contributed by atoms with van der Waals surface area (Å²) in [5.41, 5.74) is -0.0581. The minimum Gasteiger partial charge on any atom is -0.477 e. The molecule has 1 radical (unpaired) electrons. The van der Waals surface area contributed by atoms with Gasteiger partial charge in [-0.25, -0.2) is 9.78 Å². The van der Waals surface area contributed by atoms with Gasteiger partial charge >= 0.3 is 5.97 Å². The van der Waals surface area contributed by atoms with Crippen molar-refractivity contribution in [1.82, 2.24) is 4.98 Å². The molecule has 1 rings (SSSR count). The maximum absolute atomic E-state index is 10.9. The van der Waals surface area contributed by atoms with Crippen molar-refractivity contribution in [3.63, 3.8) is 0 Å². The number of nitrogens with zero attached hydrogens (tertiary/aromatic N) is 1. The molecule has 0 amide bonds. The number of carboxylic acids is 1. The molecule has 0 fully saturated rings. The van der Waals surface area contributed by atoms with Gasteiger partial charge in [0.1, 0.15) is 5.56 Å². The van der Waals surface area contributed by atoms with Gasteiger partial charge < -0.3 is 5.11 Å². The minimum absolute atomic E-state index is 0.187. The molecule has 1 aromatic heterocycles. The third kappa shape index (κ3) is 1.48. The normalized spacial score (nSPS) is 9.83. The van der Waals surface area contributed by atoms with Gasteiger partial charge in [-0.05, 0) is 13.0 Å². The summed E-state index contributed by atoms with van der Waals surface area (Å²) in [4.78, 5) is 13.8. The molecule has 0 aliphatic rings. The Bertz CT molecular complexity index is 338. The second kappa shape index (κ2) is 2.98. The van der Waals surface area contributed by atoms with Gasteiger partial charge in [0.25, 0.3) is 5.88 Å². The van der Waals surface area contributed by atoms with E-state index in [4.69, 9.17) is 16.7 Å². The lowest BCUT2D eigenvalue weighted by Gasteiger charge is -1.98. The summed E-state index contributed by atoms with van der Waals surface area (Å²) in [5, 5.41) is 19.6. The van der Waals surface area contributed by atoms with Crippen LogP contribution in [0.2, 0.25) is 5.02 Å². The fourth-order valence-electron chi connectivity index (χ4n) is 0.712. The van der Waals surface area contributed by atoms with Gasteiger partial charge in [-0.3, -0.25) is 5.11 Å². The van der Waals surface area contributed by atoms with Crippen LogP contribution >= 0.6 is 11.6 Å². The number of aromatic carboxylic acids is 1. The number of aryl methyl sites for hydroxylation is 1. The van der Waals surface area contributed by atoms with Gasteiger partial charge in [0.05, 0.1) is 10.7 Å². The standard InChI is InChI=1S/C7H5ClNO3/c1-3-5(8)2-4(7(11)12)6(10)9-3/h2H,1H3,(H,11,12). The predicted molar refractivity (Wildman–Crippen MR) is 41.1 cm³/mol. The zero-order valence-electron chi connectivity index (χ0n) is 6.17. The van der Waals surface area contributed by atoms with Crippen LogP contribution in [-0.4, -0.2) is 16.1 Å². The van der Waals surface area contributed by atoms with E-state index >= 15 is 0 Å². The molecule has 0 aromatic carbocycles. The molecule has 4 nitrogen and oxygen atoms in total. The highest BCUT2D eigenvalue weighted by molar-refractivity contribution is 6.31. The highest BCUT2D eigenvalue weighted by Crippen LogP contribution is 2.22. The van der Waals surface area contributed by atoms with E-state index in [0.717, 1.165) is 6.07 Å². The van der Waals surface area contributed by atoms with Crippen molar-refractivity contribution in [2.24, 2.45) is 0 Å². The maximum Gasteiger partial charge on any atom is 0.341 e. The summed E-state index contributed by atoms with van der Waals surface area (Å²) in [7, 11) is 0. The summed E-state index contributed by atoms with van der Waals surface area (Å²) in [6, 6.07) is 1.11. The Balaban J connectivity index is 3.33. The predicted octanol–water partition coefficient (Wildman–Crippen LogP) is 1.89. The Hall–Kier alpha value is -1.29. The molecule has 0 saturated carbocycles. The topological polar surface area (TPSA) is 70.1 Å². The number of carboxylic acid groups (broad SMARTS) is 1. The lowest BCUT2D eigenvalue weighted by molar-refractivity contribution is 0.0690. The van der Waals surface area contributed by atoms with E-state index in [0.29, 0.717) is 5.69 Å². The van der Waals surface area contributed by atoms with Crippen LogP contribution in [0.4, 0.5) is 0 Å². The SMILES string of the molecule is Cc1nc([O])c(C(=O)O)cc1Cl. The fraction of sp³-hybridized carbons (Fsp3) is 0.143. The average molecular weight is 187 g/mol. The number of halogens is 1. The van der Waals surface area contributed by atoms with Gasteiger partial charge in [0.2, 0.25) is 0 Å². The number of hydrogen-bond donors (Lipinski definition) is 1. The van der Waals surface area contributed by atoms with E-state index < -0.39 is 17.4 Å². The first-order valence-corrected chi connectivity index (χ1v) is 3.47. The molecule has 63 valence electrons. The molecule has 5 heteroatoms. The molecule has 0 bridgehead atoms. The van der Waals surface area contributed by atoms with E-state index in [1.165, 1.54) is 6.92 Å². The molecule has 0 saturated heterocycles. The Morgan fingerprint density at radius 3 is 2.75 bits per heavy atom. The van der Waals surface area contributed by atoms with Crippen LogP contribution in [0.25, 0.3) is 0 Å². The molecule has 0 spiro atoms. The third-order valence-electron chi connectivity index (χ3n) is 1.35. The van der Waals surface area contributed by atoms with E-state index in [-0.39, 0.29) is 5.02 Å². The Morgan fingerprint density at radius 2 is 2.25 bits per heavy atom. The minimum atomic E-state index is -1.31. The van der Waals surface area contributed by atoms with Gasteiger partial charge in [-0.1, -0.05) is 11.6 Å². The second-order valence-corrected chi connectivity index (χ2v) is 2.62. The van der Waals surface area contributed by atoms with Gasteiger partial charge in [-0.2, -0.15) is 0 Å². The van der Waals surface area contributed by atoms with E-state index in [2.05, 4.69) is 4.98 Å². The summed E-state index contributed by atoms with van der Waals surface area (Å²) in [6.45, 7) is 1.54. The highest BCUT2D eigenvalue weighted by Gasteiger charge is 2.14. The smallest absolute Gasteiger partial charge is 0.341 e. The molecule has 0 aliphatic heterocycles. The zero-order valence-corrected chi connectivity index (χ0v) is 6.92. The van der Waals surface area contributed by atoms with Crippen LogP contribution in [-0.2, 0) is 5.11 Å². The van der Waals surface area contributed by atoms with Gasteiger partial charge in [-0.15, -0.1) is 0 Å². The van der Waals surface area contributed by atoms with E-state index in [1.54, 1.807) is 0 Å². The summed E-state index contributed by atoms with van der Waals surface area (Å²) < 4.78 is 0.